The Morgan fingerprint density at radius 3 is 2.69 bits per heavy atom. The fourth-order valence-corrected chi connectivity index (χ4v) is 1.05. The molecule has 0 aliphatic carbocycles. The molecular weight excluding hydrogens is 168 g/mol. The van der Waals surface area contributed by atoms with Gasteiger partial charge in [-0.25, -0.2) is 4.68 Å². The summed E-state index contributed by atoms with van der Waals surface area (Å²) >= 11 is 0. The molecule has 0 amide bonds. The van der Waals surface area contributed by atoms with Crippen molar-refractivity contribution >= 4 is 5.82 Å². The second-order valence-corrected chi connectivity index (χ2v) is 2.58. The Kier molecular flexibility index (Phi) is 1.63. The van der Waals surface area contributed by atoms with Crippen LogP contribution in [0, 0.1) is 0 Å². The molecule has 0 saturated carbocycles. The van der Waals surface area contributed by atoms with E-state index in [1.165, 1.54) is 10.9 Å². The monoisotopic (exact) mass is 176 g/mol. The van der Waals surface area contributed by atoms with E-state index in [1.54, 1.807) is 24.3 Å². The van der Waals surface area contributed by atoms with Crippen LogP contribution in [0.15, 0.2) is 30.5 Å². The molecule has 0 fully saturated rings. The van der Waals surface area contributed by atoms with Gasteiger partial charge in [-0.2, -0.15) is 0 Å². The van der Waals surface area contributed by atoms with Crippen molar-refractivity contribution in [3.05, 3.63) is 30.5 Å². The average molecular weight is 176 g/mol. The highest BCUT2D eigenvalue weighted by molar-refractivity contribution is 5.45. The first-order valence-electron chi connectivity index (χ1n) is 3.73. The molecule has 5 nitrogen and oxygen atoms in total. The lowest BCUT2D eigenvalue weighted by Crippen LogP contribution is -1.94. The van der Waals surface area contributed by atoms with Crippen LogP contribution in [0.5, 0.6) is 5.75 Å². The van der Waals surface area contributed by atoms with Gasteiger partial charge in [0.2, 0.25) is 0 Å². The zero-order valence-corrected chi connectivity index (χ0v) is 6.75. The summed E-state index contributed by atoms with van der Waals surface area (Å²) in [5.41, 5.74) is 5.95. The van der Waals surface area contributed by atoms with Gasteiger partial charge in [-0.1, -0.05) is 17.3 Å². The lowest BCUT2D eigenvalue weighted by molar-refractivity contribution is 0.470. The van der Waals surface area contributed by atoms with Crippen LogP contribution in [-0.2, 0) is 0 Å². The maximum absolute atomic E-state index is 9.44. The number of rotatable bonds is 1. The van der Waals surface area contributed by atoms with Crippen molar-refractivity contribution in [3.8, 4) is 11.4 Å². The average Bonchev–Trinajstić information content (AvgIpc) is 2.53. The van der Waals surface area contributed by atoms with Crippen molar-refractivity contribution in [2.24, 2.45) is 0 Å². The van der Waals surface area contributed by atoms with Crippen molar-refractivity contribution in [2.75, 3.05) is 5.73 Å². The summed E-state index contributed by atoms with van der Waals surface area (Å²) in [6.45, 7) is 0. The summed E-state index contributed by atoms with van der Waals surface area (Å²) in [6.07, 6.45) is 1.54. The first kappa shape index (κ1) is 7.60. The predicted molar refractivity (Wildman–Crippen MR) is 47.4 cm³/mol. The fraction of sp³-hybridized carbons (Fsp3) is 0. The van der Waals surface area contributed by atoms with Gasteiger partial charge < -0.3 is 10.8 Å². The maximum Gasteiger partial charge on any atom is 0.166 e. The minimum Gasteiger partial charge on any atom is -0.506 e. The molecule has 1 aromatic heterocycles. The van der Waals surface area contributed by atoms with E-state index in [4.69, 9.17) is 5.73 Å². The minimum atomic E-state index is 0.146. The summed E-state index contributed by atoms with van der Waals surface area (Å²) in [4.78, 5) is 0. The van der Waals surface area contributed by atoms with Crippen LogP contribution in [0.25, 0.3) is 5.69 Å². The van der Waals surface area contributed by atoms with E-state index >= 15 is 0 Å². The highest BCUT2D eigenvalue weighted by Gasteiger charge is 2.03. The van der Waals surface area contributed by atoms with Crippen LogP contribution in [-0.4, -0.2) is 20.1 Å². The molecule has 0 radical (unpaired) electrons. The van der Waals surface area contributed by atoms with Gasteiger partial charge in [0, 0.05) is 0 Å². The van der Waals surface area contributed by atoms with E-state index in [9.17, 15) is 5.11 Å². The number of aromatic nitrogens is 3. The first-order chi connectivity index (χ1) is 6.27. The molecule has 13 heavy (non-hydrogen) atoms. The number of nitrogens with zero attached hydrogens (tertiary/aromatic N) is 3. The minimum absolute atomic E-state index is 0.146. The second-order valence-electron chi connectivity index (χ2n) is 2.58. The molecule has 0 saturated heterocycles. The number of phenols is 1. The number of nitrogen functional groups attached to an aromatic ring is 1. The van der Waals surface area contributed by atoms with Crippen molar-refractivity contribution in [2.45, 2.75) is 0 Å². The van der Waals surface area contributed by atoms with Crippen molar-refractivity contribution in [1.82, 2.24) is 15.0 Å². The number of phenolic OH excluding ortho intramolecular Hbond substituents is 1. The third-order valence-corrected chi connectivity index (χ3v) is 1.64. The van der Waals surface area contributed by atoms with Gasteiger partial charge in [-0.3, -0.25) is 0 Å². The van der Waals surface area contributed by atoms with Gasteiger partial charge in [0.25, 0.3) is 0 Å². The van der Waals surface area contributed by atoms with E-state index < -0.39 is 0 Å². The molecule has 0 spiro atoms. The van der Waals surface area contributed by atoms with Gasteiger partial charge in [0.05, 0.1) is 6.20 Å². The number of para-hydroxylation sites is 2. The van der Waals surface area contributed by atoms with Crippen LogP contribution in [0.1, 0.15) is 0 Å². The molecule has 0 bridgehead atoms. The summed E-state index contributed by atoms with van der Waals surface area (Å²) in [7, 11) is 0. The topological polar surface area (TPSA) is 77.0 Å². The van der Waals surface area contributed by atoms with Crippen LogP contribution >= 0.6 is 0 Å². The van der Waals surface area contributed by atoms with Crippen LogP contribution in [0.3, 0.4) is 0 Å². The molecule has 0 atom stereocenters. The standard InChI is InChI=1S/C8H8N4O/c9-8-5-12(11-10-8)6-3-1-2-4-7(6)13/h1-5,13H,9H2. The Labute approximate surface area is 74.4 Å². The number of anilines is 1. The second kappa shape index (κ2) is 2.78. The number of hydrogen-bond acceptors (Lipinski definition) is 4. The molecule has 5 heteroatoms. The SMILES string of the molecule is Nc1cn(-c2ccccc2O)nn1. The molecule has 66 valence electrons. The van der Waals surface area contributed by atoms with E-state index in [0.29, 0.717) is 11.5 Å². The first-order valence-corrected chi connectivity index (χ1v) is 3.73. The lowest BCUT2D eigenvalue weighted by Gasteiger charge is -2.01. The molecule has 0 aliphatic rings. The van der Waals surface area contributed by atoms with Crippen LogP contribution in [0.4, 0.5) is 5.82 Å². The van der Waals surface area contributed by atoms with Gasteiger partial charge >= 0.3 is 0 Å². The van der Waals surface area contributed by atoms with Crippen LogP contribution < -0.4 is 5.73 Å². The summed E-state index contributed by atoms with van der Waals surface area (Å²) < 4.78 is 1.42. The zero-order valence-electron chi connectivity index (χ0n) is 6.75. The maximum atomic E-state index is 9.44. The Bertz CT molecular complexity index is 424. The number of benzene rings is 1. The fourth-order valence-electron chi connectivity index (χ4n) is 1.05. The van der Waals surface area contributed by atoms with Crippen molar-refractivity contribution in [3.63, 3.8) is 0 Å². The third kappa shape index (κ3) is 1.31. The van der Waals surface area contributed by atoms with Crippen molar-refractivity contribution < 1.29 is 5.11 Å². The zero-order chi connectivity index (χ0) is 9.26. The molecule has 1 aromatic carbocycles. The predicted octanol–water partition coefficient (Wildman–Crippen LogP) is 0.555. The Morgan fingerprint density at radius 2 is 2.08 bits per heavy atom. The van der Waals surface area contributed by atoms with Gasteiger partial charge in [0.1, 0.15) is 11.4 Å². The number of hydrogen-bond donors (Lipinski definition) is 2. The van der Waals surface area contributed by atoms with Crippen LogP contribution in [0.2, 0.25) is 0 Å². The third-order valence-electron chi connectivity index (χ3n) is 1.64. The molecule has 2 aromatic rings. The Balaban J connectivity index is 2.52. The van der Waals surface area contributed by atoms with Gasteiger partial charge in [-0.05, 0) is 12.1 Å². The van der Waals surface area contributed by atoms with E-state index in [1.807, 2.05) is 0 Å². The largest absolute Gasteiger partial charge is 0.506 e. The molecule has 0 unspecified atom stereocenters. The van der Waals surface area contributed by atoms with Crippen molar-refractivity contribution in [1.29, 1.82) is 0 Å². The highest BCUT2D eigenvalue weighted by Crippen LogP contribution is 2.19. The summed E-state index contributed by atoms with van der Waals surface area (Å²) in [6, 6.07) is 6.84. The quantitative estimate of drug-likeness (QED) is 0.665. The Morgan fingerprint density at radius 1 is 1.31 bits per heavy atom. The van der Waals surface area contributed by atoms with E-state index in [2.05, 4.69) is 10.3 Å². The van der Waals surface area contributed by atoms with E-state index in [-0.39, 0.29) is 5.75 Å². The van der Waals surface area contributed by atoms with Gasteiger partial charge in [-0.15, -0.1) is 5.10 Å². The molecule has 1 heterocycles. The number of aromatic hydroxyl groups is 1. The molecule has 0 aliphatic heterocycles. The highest BCUT2D eigenvalue weighted by atomic mass is 16.3. The van der Waals surface area contributed by atoms with Gasteiger partial charge in [0.15, 0.2) is 5.82 Å². The van der Waals surface area contributed by atoms with E-state index in [0.717, 1.165) is 0 Å². The number of nitrogens with two attached hydrogens (primary N) is 1. The molecular formula is C8H8N4O. The summed E-state index contributed by atoms with van der Waals surface area (Å²) in [5, 5.41) is 16.8. The lowest BCUT2D eigenvalue weighted by atomic mass is 10.3. The normalized spacial score (nSPS) is 10.2. The Hall–Kier alpha value is -2.04. The summed E-state index contributed by atoms with van der Waals surface area (Å²) in [5.74, 6) is 0.468. The smallest absolute Gasteiger partial charge is 0.166 e. The molecule has 2 rings (SSSR count). The molecule has 3 N–H and O–H groups in total.